The molecular weight excluding hydrogens is 233 g/mol. The molecule has 0 amide bonds. The van der Waals surface area contributed by atoms with Crippen molar-refractivity contribution in [2.75, 3.05) is 0 Å². The summed E-state index contributed by atoms with van der Waals surface area (Å²) in [5.74, 6) is -1.35. The van der Waals surface area contributed by atoms with Crippen molar-refractivity contribution in [1.29, 1.82) is 0 Å². The van der Waals surface area contributed by atoms with Crippen molar-refractivity contribution in [1.82, 2.24) is 9.78 Å². The first-order chi connectivity index (χ1) is 7.97. The fourth-order valence-electron chi connectivity index (χ4n) is 2.20. The second-order valence-electron chi connectivity index (χ2n) is 4.43. The smallest absolute Gasteiger partial charge is 0.284 e. The van der Waals surface area contributed by atoms with E-state index in [0.29, 0.717) is 12.5 Å². The van der Waals surface area contributed by atoms with E-state index < -0.39 is 12.0 Å². The van der Waals surface area contributed by atoms with E-state index in [-0.39, 0.29) is 5.56 Å². The number of hydrogen-bond acceptors (Lipinski definition) is 2. The molecule has 2 rings (SSSR count). The predicted molar refractivity (Wildman–Crippen MR) is 54.6 cm³/mol. The van der Waals surface area contributed by atoms with Crippen LogP contribution < -0.4 is 0 Å². The number of hydrogen-bond donors (Lipinski definition) is 0. The molecule has 6 heteroatoms. The van der Waals surface area contributed by atoms with E-state index in [1.54, 1.807) is 0 Å². The van der Waals surface area contributed by atoms with Crippen LogP contribution in [0, 0.1) is 5.92 Å². The number of nitrogens with zero attached hydrogens (tertiary/aromatic N) is 2. The molecule has 0 radical (unpaired) electrons. The molecule has 1 aliphatic carbocycles. The van der Waals surface area contributed by atoms with Crippen LogP contribution in [-0.2, 0) is 6.54 Å². The average Bonchev–Trinajstić information content (AvgIpc) is 2.87. The summed E-state index contributed by atoms with van der Waals surface area (Å²) in [6.07, 6.45) is 1.87. The van der Waals surface area contributed by atoms with E-state index in [1.165, 1.54) is 23.7 Å². The number of aromatic nitrogens is 2. The zero-order chi connectivity index (χ0) is 12.5. The minimum absolute atomic E-state index is 0.379. The molecule has 3 nitrogen and oxygen atoms in total. The molecule has 1 fully saturated rings. The molecule has 94 valence electrons. The fourth-order valence-corrected chi connectivity index (χ4v) is 2.20. The van der Waals surface area contributed by atoms with Gasteiger partial charge in [0.05, 0.1) is 11.8 Å². The molecular formula is C11H13F3N2O. The Bertz CT molecular complexity index is 405. The molecule has 1 aliphatic rings. The molecule has 0 atom stereocenters. The molecule has 0 bridgehead atoms. The summed E-state index contributed by atoms with van der Waals surface area (Å²) in [5.41, 5.74) is -0.379. The molecule has 0 aromatic carbocycles. The van der Waals surface area contributed by atoms with E-state index in [4.69, 9.17) is 0 Å². The highest BCUT2D eigenvalue weighted by molar-refractivity contribution is 5.99. The largest absolute Gasteiger partial charge is 0.454 e. The van der Waals surface area contributed by atoms with Crippen molar-refractivity contribution in [3.8, 4) is 0 Å². The van der Waals surface area contributed by atoms with Crippen LogP contribution in [0.1, 0.15) is 36.0 Å². The van der Waals surface area contributed by atoms with Crippen molar-refractivity contribution in [2.24, 2.45) is 5.92 Å². The van der Waals surface area contributed by atoms with Crippen molar-refractivity contribution in [2.45, 2.75) is 38.4 Å². The Morgan fingerprint density at radius 3 is 2.65 bits per heavy atom. The lowest BCUT2D eigenvalue weighted by Gasteiger charge is -2.08. The Morgan fingerprint density at radius 2 is 2.06 bits per heavy atom. The second kappa shape index (κ2) is 4.50. The molecule has 0 aliphatic heterocycles. The van der Waals surface area contributed by atoms with E-state index in [1.807, 2.05) is 0 Å². The molecule has 1 aromatic heterocycles. The highest BCUT2D eigenvalue weighted by Gasteiger charge is 2.40. The third-order valence-electron chi connectivity index (χ3n) is 3.07. The summed E-state index contributed by atoms with van der Waals surface area (Å²) >= 11 is 0. The van der Waals surface area contributed by atoms with Crippen LogP contribution in [-0.4, -0.2) is 21.7 Å². The van der Waals surface area contributed by atoms with Gasteiger partial charge in [-0.15, -0.1) is 0 Å². The number of Topliss-reactive ketones (excluding diaryl/α,β-unsaturated/α-hetero) is 1. The first-order valence-electron chi connectivity index (χ1n) is 5.61. The third kappa shape index (κ3) is 2.87. The second-order valence-corrected chi connectivity index (χ2v) is 4.43. The van der Waals surface area contributed by atoms with E-state index >= 15 is 0 Å². The summed E-state index contributed by atoms with van der Waals surface area (Å²) in [5, 5.41) is 3.81. The summed E-state index contributed by atoms with van der Waals surface area (Å²) in [6, 6.07) is 0. The van der Waals surface area contributed by atoms with Gasteiger partial charge >= 0.3 is 6.18 Å². The number of carbonyl (C=O) groups is 1. The summed E-state index contributed by atoms with van der Waals surface area (Å²) in [6.45, 7) is 0.602. The van der Waals surface area contributed by atoms with Crippen molar-refractivity contribution >= 4 is 5.78 Å². The average molecular weight is 246 g/mol. The molecule has 0 N–H and O–H groups in total. The predicted octanol–water partition coefficient (Wildman–Crippen LogP) is 2.82. The van der Waals surface area contributed by atoms with Crippen LogP contribution >= 0.6 is 0 Å². The normalized spacial score (nSPS) is 17.6. The van der Waals surface area contributed by atoms with Crippen LogP contribution in [0.25, 0.3) is 0 Å². The molecule has 0 unspecified atom stereocenters. The maximum Gasteiger partial charge on any atom is 0.454 e. The van der Waals surface area contributed by atoms with Gasteiger partial charge in [-0.3, -0.25) is 9.48 Å². The van der Waals surface area contributed by atoms with Crippen LogP contribution in [0.3, 0.4) is 0 Å². The van der Waals surface area contributed by atoms with Gasteiger partial charge in [0.15, 0.2) is 0 Å². The Balaban J connectivity index is 2.02. The van der Waals surface area contributed by atoms with Gasteiger partial charge in [0.1, 0.15) is 0 Å². The van der Waals surface area contributed by atoms with E-state index in [9.17, 15) is 18.0 Å². The topological polar surface area (TPSA) is 34.9 Å². The van der Waals surface area contributed by atoms with E-state index in [0.717, 1.165) is 19.0 Å². The van der Waals surface area contributed by atoms with E-state index in [2.05, 4.69) is 5.10 Å². The number of halogens is 3. The van der Waals surface area contributed by atoms with Gasteiger partial charge in [0.2, 0.25) is 0 Å². The molecule has 1 saturated carbocycles. The van der Waals surface area contributed by atoms with Crippen molar-refractivity contribution in [3.63, 3.8) is 0 Å². The number of rotatable bonds is 3. The lowest BCUT2D eigenvalue weighted by molar-refractivity contribution is -0.0885. The van der Waals surface area contributed by atoms with Gasteiger partial charge in [-0.05, 0) is 18.8 Å². The lowest BCUT2D eigenvalue weighted by Crippen LogP contribution is -2.22. The van der Waals surface area contributed by atoms with Gasteiger partial charge in [0, 0.05) is 12.7 Å². The molecule has 1 heterocycles. The Morgan fingerprint density at radius 1 is 1.41 bits per heavy atom. The van der Waals surface area contributed by atoms with Gasteiger partial charge in [-0.1, -0.05) is 12.8 Å². The highest BCUT2D eigenvalue weighted by atomic mass is 19.4. The molecule has 0 spiro atoms. The monoisotopic (exact) mass is 246 g/mol. The quantitative estimate of drug-likeness (QED) is 0.769. The standard InChI is InChI=1S/C11H13F3N2O/c12-11(13,14)10(17)9-5-15-16(7-9)6-8-3-1-2-4-8/h5,7-8H,1-4,6H2. The van der Waals surface area contributed by atoms with Crippen LogP contribution in [0.2, 0.25) is 0 Å². The summed E-state index contributed by atoms with van der Waals surface area (Å²) in [4.78, 5) is 10.9. The molecule has 1 aromatic rings. The Labute approximate surface area is 96.6 Å². The number of carbonyl (C=O) groups excluding carboxylic acids is 1. The van der Waals surface area contributed by atoms with Crippen molar-refractivity contribution < 1.29 is 18.0 Å². The van der Waals surface area contributed by atoms with Gasteiger partial charge in [-0.2, -0.15) is 18.3 Å². The zero-order valence-electron chi connectivity index (χ0n) is 9.20. The maximum absolute atomic E-state index is 12.2. The SMILES string of the molecule is O=C(c1cnn(CC2CCCC2)c1)C(F)(F)F. The number of ketones is 1. The molecule has 17 heavy (non-hydrogen) atoms. The maximum atomic E-state index is 12.2. The lowest BCUT2D eigenvalue weighted by atomic mass is 10.1. The zero-order valence-corrected chi connectivity index (χ0v) is 9.20. The van der Waals surface area contributed by atoms with Crippen molar-refractivity contribution in [3.05, 3.63) is 18.0 Å². The highest BCUT2D eigenvalue weighted by Crippen LogP contribution is 2.26. The minimum Gasteiger partial charge on any atom is -0.284 e. The van der Waals surface area contributed by atoms with Gasteiger partial charge in [-0.25, -0.2) is 0 Å². The minimum atomic E-state index is -4.82. The first-order valence-corrected chi connectivity index (χ1v) is 5.61. The Hall–Kier alpha value is -1.33. The third-order valence-corrected chi connectivity index (χ3v) is 3.07. The Kier molecular flexibility index (Phi) is 3.22. The number of alkyl halides is 3. The first kappa shape index (κ1) is 12.1. The van der Waals surface area contributed by atoms with Gasteiger partial charge in [0.25, 0.3) is 5.78 Å². The fraction of sp³-hybridized carbons (Fsp3) is 0.636. The van der Waals surface area contributed by atoms with Crippen LogP contribution in [0.15, 0.2) is 12.4 Å². The molecule has 0 saturated heterocycles. The van der Waals surface area contributed by atoms with Crippen LogP contribution in [0.4, 0.5) is 13.2 Å². The summed E-state index contributed by atoms with van der Waals surface area (Å²) < 4.78 is 37.9. The van der Waals surface area contributed by atoms with Crippen LogP contribution in [0.5, 0.6) is 0 Å². The van der Waals surface area contributed by atoms with Gasteiger partial charge < -0.3 is 0 Å². The summed E-state index contributed by atoms with van der Waals surface area (Å²) in [7, 11) is 0.